The van der Waals surface area contributed by atoms with Crippen molar-refractivity contribution in [2.45, 2.75) is 293 Å². The Kier molecular flexibility index (Phi) is 117. The van der Waals surface area contributed by atoms with Crippen LogP contribution >= 0.6 is 0 Å². The lowest BCUT2D eigenvalue weighted by atomic mass is 9.92. The molecule has 0 saturated carbocycles. The average molecular weight is 1770 g/mol. The molecule has 26 heteroatoms. The first-order valence-electron chi connectivity index (χ1n) is 48.7. The summed E-state index contributed by atoms with van der Waals surface area (Å²) in [5.74, 6) is 0. The van der Waals surface area contributed by atoms with Crippen LogP contribution in [0.25, 0.3) is 0 Å². The van der Waals surface area contributed by atoms with Gasteiger partial charge in [0.1, 0.15) is 24.4 Å². The monoisotopic (exact) mass is 1770 g/mol. The van der Waals surface area contributed by atoms with Crippen LogP contribution in [0.3, 0.4) is 0 Å². The minimum Gasteiger partial charge on any atom is -0.381 e. The zero-order chi connectivity index (χ0) is 91.9. The predicted octanol–water partition coefficient (Wildman–Crippen LogP) is 18.5. The molecule has 0 spiro atoms. The Bertz CT molecular complexity index is 1650. The highest BCUT2D eigenvalue weighted by Crippen LogP contribution is 2.25. The summed E-state index contributed by atoms with van der Waals surface area (Å²) in [5.41, 5.74) is -0.740. The van der Waals surface area contributed by atoms with Gasteiger partial charge in [0.25, 0.3) is 0 Å². The first kappa shape index (κ1) is 132. The molecular weight excluding hydrogens is 1570 g/mol. The van der Waals surface area contributed by atoms with E-state index in [9.17, 15) is 0 Å². The van der Waals surface area contributed by atoms with Crippen LogP contribution < -0.4 is 0 Å². The van der Waals surface area contributed by atoms with Crippen molar-refractivity contribution in [2.75, 3.05) is 317 Å². The fourth-order valence-corrected chi connectivity index (χ4v) is 11.0. The lowest BCUT2D eigenvalue weighted by Crippen LogP contribution is -2.42. The molecule has 0 bridgehead atoms. The summed E-state index contributed by atoms with van der Waals surface area (Å²) in [6, 6.07) is 0. The molecule has 0 aromatic carbocycles. The van der Waals surface area contributed by atoms with E-state index in [-0.39, 0.29) is 46.1 Å². The first-order chi connectivity index (χ1) is 59.5. The second kappa shape index (κ2) is 109. The number of hydrogen-bond donors (Lipinski definition) is 0. The highest BCUT2D eigenvalue weighted by atomic mass is 16.6. The zero-order valence-electron chi connectivity index (χ0n) is 84.2. The summed E-state index contributed by atoms with van der Waals surface area (Å²) in [7, 11) is 0. The van der Waals surface area contributed by atoms with E-state index in [1.165, 1.54) is 0 Å². The molecule has 0 fully saturated rings. The largest absolute Gasteiger partial charge is 0.381 e. The molecular formula is C96H204O26. The zero-order valence-corrected chi connectivity index (χ0v) is 84.2. The van der Waals surface area contributed by atoms with Crippen molar-refractivity contribution in [3.8, 4) is 0 Å². The van der Waals surface area contributed by atoms with Crippen molar-refractivity contribution < 1.29 is 123 Å². The molecule has 0 aliphatic carbocycles. The van der Waals surface area contributed by atoms with Crippen molar-refractivity contribution in [3.63, 3.8) is 0 Å². The topological polar surface area (TPSA) is 240 Å². The fourth-order valence-electron chi connectivity index (χ4n) is 11.0. The van der Waals surface area contributed by atoms with Crippen LogP contribution in [0, 0.1) is 21.7 Å². The van der Waals surface area contributed by atoms with Crippen LogP contribution in [0.15, 0.2) is 0 Å². The maximum Gasteiger partial charge on any atom is 0.104 e. The Morgan fingerprint density at radius 3 is 0.402 bits per heavy atom. The van der Waals surface area contributed by atoms with Crippen LogP contribution in [0.4, 0.5) is 0 Å². The summed E-state index contributed by atoms with van der Waals surface area (Å²) in [6.45, 7) is 82.0. The molecule has 0 aromatic heterocycles. The predicted molar refractivity (Wildman–Crippen MR) is 497 cm³/mol. The molecule has 0 radical (unpaired) electrons. The highest BCUT2D eigenvalue weighted by Gasteiger charge is 2.36. The van der Waals surface area contributed by atoms with Crippen LogP contribution in [0.5, 0.6) is 0 Å². The molecule has 0 N–H and O–H groups in total. The lowest BCUT2D eigenvalue weighted by molar-refractivity contribution is -0.106. The third kappa shape index (κ3) is 90.9. The van der Waals surface area contributed by atoms with Gasteiger partial charge in [0.05, 0.1) is 180 Å². The molecule has 0 saturated heterocycles. The summed E-state index contributed by atoms with van der Waals surface area (Å²) in [5, 5.41) is 0. The first-order valence-corrected chi connectivity index (χ1v) is 48.7. The number of ether oxygens (including phenoxy) is 26. The quantitative estimate of drug-likeness (QED) is 0.0514. The standard InChI is InChI=1S/C17H36O4.2C16H34O5.2C16H34O4.C15H32O4/c1-5-9-18-13-17(14-19-10-6-2,15-20-11-7-3)16-21-12-8-4;1-5-9-18-12-15(20-8-4)13-19-14-16(11-17-7-3)21-10-6-2;1-5-9-17-11-15(20-7-3)13-19-14-16(21-8-4)12-18-10-6-2;2*1-5-9-18-13-16(12-17-8-4,14-19-10-6-2)15-20-11-7-3;1-5-9-18-13-15(11-16-7-3,12-17-8-4)14-19-10-6-2/h5-16H2,1-4H3;2*15-16H,5-14H2,1-4H3;2*5-15H2,1-4H3;5-14H2,1-4H3. The lowest BCUT2D eigenvalue weighted by Gasteiger charge is -2.33. The molecule has 4 atom stereocenters. The van der Waals surface area contributed by atoms with E-state index >= 15 is 0 Å². The summed E-state index contributed by atoms with van der Waals surface area (Å²) in [6.07, 6.45) is 16.3. The van der Waals surface area contributed by atoms with E-state index in [1.807, 2.05) is 55.4 Å². The van der Waals surface area contributed by atoms with E-state index in [4.69, 9.17) is 123 Å². The summed E-state index contributed by atoms with van der Waals surface area (Å²) < 4.78 is 148. The Morgan fingerprint density at radius 1 is 0.123 bits per heavy atom. The number of hydrogen-bond acceptors (Lipinski definition) is 26. The van der Waals surface area contributed by atoms with Gasteiger partial charge in [0.15, 0.2) is 0 Å². The van der Waals surface area contributed by atoms with Crippen molar-refractivity contribution in [3.05, 3.63) is 0 Å². The van der Waals surface area contributed by atoms with Crippen molar-refractivity contribution in [2.24, 2.45) is 21.7 Å². The highest BCUT2D eigenvalue weighted by molar-refractivity contribution is 4.83. The Morgan fingerprint density at radius 2 is 0.254 bits per heavy atom. The van der Waals surface area contributed by atoms with Gasteiger partial charge in [0.2, 0.25) is 0 Å². The Labute approximate surface area is 751 Å². The minimum atomic E-state index is -0.186. The van der Waals surface area contributed by atoms with E-state index < -0.39 is 0 Å². The van der Waals surface area contributed by atoms with E-state index in [0.717, 1.165) is 208 Å². The molecule has 0 heterocycles. The average Bonchev–Trinajstić information content (AvgIpc) is 0.898. The van der Waals surface area contributed by atoms with Gasteiger partial charge < -0.3 is 123 Å². The van der Waals surface area contributed by atoms with Gasteiger partial charge in [-0.1, -0.05) is 111 Å². The maximum absolute atomic E-state index is 5.80. The fraction of sp³-hybridized carbons (Fsp3) is 1.00. The summed E-state index contributed by atoms with van der Waals surface area (Å²) >= 11 is 0. The van der Waals surface area contributed by atoms with Gasteiger partial charge in [0, 0.05) is 159 Å². The van der Waals surface area contributed by atoms with Gasteiger partial charge in [-0.05, 0) is 158 Å². The Balaban J connectivity index is -0.000000331. The van der Waals surface area contributed by atoms with Crippen LogP contribution in [0.2, 0.25) is 0 Å². The van der Waals surface area contributed by atoms with Crippen LogP contribution in [-0.2, 0) is 123 Å². The second-order valence-electron chi connectivity index (χ2n) is 30.9. The molecule has 0 aliphatic heterocycles. The molecule has 0 rings (SSSR count). The van der Waals surface area contributed by atoms with Gasteiger partial charge in [-0.25, -0.2) is 0 Å². The van der Waals surface area contributed by atoms with Crippen molar-refractivity contribution in [1.29, 1.82) is 0 Å². The van der Waals surface area contributed by atoms with Gasteiger partial charge in [-0.2, -0.15) is 0 Å². The normalized spacial score (nSPS) is 12.8. The van der Waals surface area contributed by atoms with Crippen molar-refractivity contribution in [1.82, 2.24) is 0 Å². The van der Waals surface area contributed by atoms with E-state index in [0.29, 0.717) is 211 Å². The molecule has 26 nitrogen and oxygen atoms in total. The molecule has 4 unspecified atom stereocenters. The van der Waals surface area contributed by atoms with Crippen LogP contribution in [0.1, 0.15) is 269 Å². The molecule has 0 aromatic rings. The summed E-state index contributed by atoms with van der Waals surface area (Å²) in [4.78, 5) is 0. The third-order valence-electron chi connectivity index (χ3n) is 17.0. The van der Waals surface area contributed by atoms with Gasteiger partial charge >= 0.3 is 0 Å². The number of rotatable bonds is 92. The second-order valence-corrected chi connectivity index (χ2v) is 30.9. The molecule has 744 valence electrons. The van der Waals surface area contributed by atoms with Gasteiger partial charge in [-0.3, -0.25) is 0 Å². The van der Waals surface area contributed by atoms with E-state index in [2.05, 4.69) is 111 Å². The van der Waals surface area contributed by atoms with Gasteiger partial charge in [-0.15, -0.1) is 0 Å². The Hall–Kier alpha value is -1.04. The van der Waals surface area contributed by atoms with Crippen LogP contribution in [-0.4, -0.2) is 342 Å². The third-order valence-corrected chi connectivity index (χ3v) is 17.0. The smallest absolute Gasteiger partial charge is 0.104 e. The maximum atomic E-state index is 5.80. The SMILES string of the molecule is CCCOCC(COCC(COCC)OCCC)OCC.CCCOCC(COCC(COCCC)OCC)OCC.CCCOCC(COCC)(COCC)COCCC.CCCOCC(COCC)(COCCC)COCCC.CCCOCC(COCC)(COCCC)COCCC.CCCOCC(COCCC)(COCCC)COCCC. The molecule has 0 aliphatic rings. The minimum absolute atomic E-state index is 0.0104. The van der Waals surface area contributed by atoms with E-state index in [1.54, 1.807) is 0 Å². The molecule has 122 heavy (non-hydrogen) atoms. The van der Waals surface area contributed by atoms with Crippen molar-refractivity contribution >= 4 is 0 Å². The molecule has 0 amide bonds.